The molecular weight excluding hydrogens is 168 g/mol. The van der Waals surface area contributed by atoms with Gasteiger partial charge in [-0.25, -0.2) is 0 Å². The Hall–Kier alpha value is -1.04. The first-order valence-electron chi connectivity index (χ1n) is 5.53. The third-order valence-corrected chi connectivity index (χ3v) is 3.18. The Labute approximate surface area is 86.7 Å². The van der Waals surface area contributed by atoms with Crippen LogP contribution in [0.1, 0.15) is 31.4 Å². The molecule has 0 heteroatoms. The topological polar surface area (TPSA) is 0 Å². The van der Waals surface area contributed by atoms with Crippen LogP contribution in [-0.4, -0.2) is 0 Å². The van der Waals surface area contributed by atoms with E-state index >= 15 is 0 Å². The lowest BCUT2D eigenvalue weighted by Crippen LogP contribution is -2.05. The number of aryl methyl sites for hydroxylation is 1. The minimum Gasteiger partial charge on any atom is -0.0805 e. The molecule has 0 aliphatic heterocycles. The molecule has 0 amide bonds. The average molecular weight is 186 g/mol. The number of allylic oxidation sites excluding steroid dienone is 1. The van der Waals surface area contributed by atoms with Crippen molar-refractivity contribution in [2.75, 3.05) is 0 Å². The average Bonchev–Trinajstić information content (AvgIpc) is 2.39. The van der Waals surface area contributed by atoms with Gasteiger partial charge in [0.1, 0.15) is 0 Å². The Morgan fingerprint density at radius 1 is 1.21 bits per heavy atom. The minimum absolute atomic E-state index is 0.752. The Morgan fingerprint density at radius 3 is 2.79 bits per heavy atom. The van der Waals surface area contributed by atoms with Gasteiger partial charge in [-0.2, -0.15) is 0 Å². The lowest BCUT2D eigenvalue weighted by atomic mass is 9.91. The number of hydrogen-bond acceptors (Lipinski definition) is 0. The Kier molecular flexibility index (Phi) is 2.72. The molecule has 0 saturated heterocycles. The summed E-state index contributed by atoms with van der Waals surface area (Å²) in [6, 6.07) is 8.73. The van der Waals surface area contributed by atoms with Gasteiger partial charge in [0.25, 0.3) is 0 Å². The largest absolute Gasteiger partial charge is 0.0805 e. The molecule has 0 aromatic heterocycles. The van der Waals surface area contributed by atoms with Crippen LogP contribution in [0.25, 0.3) is 6.08 Å². The van der Waals surface area contributed by atoms with Gasteiger partial charge in [-0.05, 0) is 35.8 Å². The lowest BCUT2D eigenvalue weighted by Gasteiger charge is -2.14. The van der Waals surface area contributed by atoms with Crippen molar-refractivity contribution in [2.24, 2.45) is 11.8 Å². The summed E-state index contributed by atoms with van der Waals surface area (Å²) in [7, 11) is 0. The molecule has 0 nitrogen and oxygen atoms in total. The minimum atomic E-state index is 0.752. The van der Waals surface area contributed by atoms with Crippen LogP contribution in [0.5, 0.6) is 0 Å². The van der Waals surface area contributed by atoms with Crippen molar-refractivity contribution < 1.29 is 0 Å². The number of hydrogen-bond donors (Lipinski definition) is 0. The maximum atomic E-state index is 2.39. The van der Waals surface area contributed by atoms with E-state index < -0.39 is 0 Å². The molecule has 0 bridgehead atoms. The lowest BCUT2D eigenvalue weighted by molar-refractivity contribution is 0.440. The molecule has 1 unspecified atom stereocenters. The third-order valence-electron chi connectivity index (χ3n) is 3.18. The standard InChI is InChI=1S/C14H18/c1-11(2)12-7-9-13-5-3-4-6-14(13)10-8-12/h3-7,9,11-12H,8,10H2,1-2H3. The monoisotopic (exact) mass is 186 g/mol. The molecule has 2 rings (SSSR count). The van der Waals surface area contributed by atoms with E-state index in [4.69, 9.17) is 0 Å². The van der Waals surface area contributed by atoms with E-state index in [0.29, 0.717) is 0 Å². The van der Waals surface area contributed by atoms with Crippen LogP contribution in [0, 0.1) is 11.8 Å². The van der Waals surface area contributed by atoms with E-state index in [1.807, 2.05) is 0 Å². The fraction of sp³-hybridized carbons (Fsp3) is 0.429. The van der Waals surface area contributed by atoms with Crippen LogP contribution in [0.3, 0.4) is 0 Å². The van der Waals surface area contributed by atoms with Gasteiger partial charge in [-0.3, -0.25) is 0 Å². The predicted molar refractivity (Wildman–Crippen MR) is 62.1 cm³/mol. The normalized spacial score (nSPS) is 20.6. The van der Waals surface area contributed by atoms with Crippen molar-refractivity contribution >= 4 is 6.08 Å². The van der Waals surface area contributed by atoms with E-state index in [1.54, 1.807) is 0 Å². The van der Waals surface area contributed by atoms with Crippen LogP contribution < -0.4 is 0 Å². The molecule has 1 aliphatic carbocycles. The second-order valence-corrected chi connectivity index (χ2v) is 4.50. The quantitative estimate of drug-likeness (QED) is 0.623. The number of fused-ring (bicyclic) bond motifs is 1. The van der Waals surface area contributed by atoms with Gasteiger partial charge in [-0.15, -0.1) is 0 Å². The maximum absolute atomic E-state index is 2.39. The van der Waals surface area contributed by atoms with Gasteiger partial charge >= 0.3 is 0 Å². The van der Waals surface area contributed by atoms with Gasteiger partial charge in [0.2, 0.25) is 0 Å². The molecular formula is C14H18. The highest BCUT2D eigenvalue weighted by Gasteiger charge is 2.13. The van der Waals surface area contributed by atoms with E-state index in [0.717, 1.165) is 11.8 Å². The zero-order chi connectivity index (χ0) is 9.97. The Morgan fingerprint density at radius 2 is 2.00 bits per heavy atom. The van der Waals surface area contributed by atoms with Crippen LogP contribution in [-0.2, 0) is 6.42 Å². The molecule has 74 valence electrons. The van der Waals surface area contributed by atoms with Crippen molar-refractivity contribution in [3.8, 4) is 0 Å². The van der Waals surface area contributed by atoms with Crippen molar-refractivity contribution in [3.63, 3.8) is 0 Å². The molecule has 1 aromatic carbocycles. The molecule has 1 atom stereocenters. The third kappa shape index (κ3) is 1.89. The maximum Gasteiger partial charge on any atom is -0.0204 e. The molecule has 14 heavy (non-hydrogen) atoms. The van der Waals surface area contributed by atoms with Crippen LogP contribution in [0.2, 0.25) is 0 Å². The van der Waals surface area contributed by atoms with E-state index in [-0.39, 0.29) is 0 Å². The zero-order valence-corrected chi connectivity index (χ0v) is 9.03. The Bertz CT molecular complexity index is 334. The van der Waals surface area contributed by atoms with Gasteiger partial charge in [-0.1, -0.05) is 50.3 Å². The number of benzene rings is 1. The van der Waals surface area contributed by atoms with Crippen molar-refractivity contribution in [1.29, 1.82) is 0 Å². The highest BCUT2D eigenvalue weighted by molar-refractivity contribution is 5.55. The second kappa shape index (κ2) is 4.00. The van der Waals surface area contributed by atoms with Crippen molar-refractivity contribution in [3.05, 3.63) is 41.5 Å². The van der Waals surface area contributed by atoms with Crippen LogP contribution >= 0.6 is 0 Å². The molecule has 0 fully saturated rings. The first-order chi connectivity index (χ1) is 6.77. The summed E-state index contributed by atoms with van der Waals surface area (Å²) in [4.78, 5) is 0. The Balaban J connectivity index is 2.25. The summed E-state index contributed by atoms with van der Waals surface area (Å²) in [5, 5.41) is 0. The van der Waals surface area contributed by atoms with Gasteiger partial charge in [0.05, 0.1) is 0 Å². The fourth-order valence-corrected chi connectivity index (χ4v) is 2.13. The van der Waals surface area contributed by atoms with Gasteiger partial charge in [0, 0.05) is 0 Å². The summed E-state index contributed by atoms with van der Waals surface area (Å²) < 4.78 is 0. The molecule has 0 heterocycles. The van der Waals surface area contributed by atoms with Gasteiger partial charge in [0.15, 0.2) is 0 Å². The van der Waals surface area contributed by atoms with Crippen molar-refractivity contribution in [2.45, 2.75) is 26.7 Å². The van der Waals surface area contributed by atoms with Crippen LogP contribution in [0.4, 0.5) is 0 Å². The summed E-state index contributed by atoms with van der Waals surface area (Å²) in [6.45, 7) is 4.62. The smallest absolute Gasteiger partial charge is 0.0204 e. The zero-order valence-electron chi connectivity index (χ0n) is 9.03. The predicted octanol–water partition coefficient (Wildman–Crippen LogP) is 3.92. The SMILES string of the molecule is CC(C)C1C=Cc2ccccc2CC1. The number of rotatable bonds is 1. The fourth-order valence-electron chi connectivity index (χ4n) is 2.13. The summed E-state index contributed by atoms with van der Waals surface area (Å²) >= 11 is 0. The molecule has 0 spiro atoms. The summed E-state index contributed by atoms with van der Waals surface area (Å²) in [5.41, 5.74) is 2.92. The highest BCUT2D eigenvalue weighted by Crippen LogP contribution is 2.26. The second-order valence-electron chi connectivity index (χ2n) is 4.50. The van der Waals surface area contributed by atoms with Crippen LogP contribution in [0.15, 0.2) is 30.3 Å². The highest BCUT2D eigenvalue weighted by atomic mass is 14.2. The van der Waals surface area contributed by atoms with E-state index in [2.05, 4.69) is 50.3 Å². The molecule has 0 N–H and O–H groups in total. The molecule has 0 saturated carbocycles. The van der Waals surface area contributed by atoms with E-state index in [1.165, 1.54) is 24.0 Å². The molecule has 1 aliphatic rings. The van der Waals surface area contributed by atoms with E-state index in [9.17, 15) is 0 Å². The summed E-state index contributed by atoms with van der Waals surface area (Å²) in [6.07, 6.45) is 7.21. The van der Waals surface area contributed by atoms with Gasteiger partial charge < -0.3 is 0 Å². The first kappa shape index (κ1) is 9.51. The first-order valence-corrected chi connectivity index (χ1v) is 5.53. The van der Waals surface area contributed by atoms with Crippen molar-refractivity contribution in [1.82, 2.24) is 0 Å². The molecule has 1 aromatic rings. The summed E-state index contributed by atoms with van der Waals surface area (Å²) in [5.74, 6) is 1.52. The molecule has 0 radical (unpaired) electrons.